The molecule has 2 N–H and O–H groups in total. The molecular formula is C20H21N7O. The van der Waals surface area contributed by atoms with E-state index in [1.807, 2.05) is 35.4 Å². The van der Waals surface area contributed by atoms with E-state index in [0.29, 0.717) is 24.0 Å². The van der Waals surface area contributed by atoms with Crippen molar-refractivity contribution in [3.8, 4) is 11.3 Å². The average Bonchev–Trinajstić information content (AvgIpc) is 3.30. The molecule has 2 fully saturated rings. The van der Waals surface area contributed by atoms with Gasteiger partial charge in [-0.3, -0.25) is 0 Å². The number of hydrogen-bond donors (Lipinski definition) is 2. The maximum absolute atomic E-state index is 5.33. The number of aromatic amines is 1. The van der Waals surface area contributed by atoms with Gasteiger partial charge in [0.25, 0.3) is 0 Å². The van der Waals surface area contributed by atoms with Crippen LogP contribution in [0.5, 0.6) is 0 Å². The monoisotopic (exact) mass is 375 g/mol. The summed E-state index contributed by atoms with van der Waals surface area (Å²) in [6.45, 7) is 0. The van der Waals surface area contributed by atoms with E-state index in [-0.39, 0.29) is 0 Å². The maximum atomic E-state index is 5.33. The molecular weight excluding hydrogens is 354 g/mol. The largest absolute Gasteiger partial charge is 0.381 e. The normalized spacial score (nSPS) is 21.9. The minimum absolute atomic E-state index is 0.350. The molecule has 8 nitrogen and oxygen atoms in total. The van der Waals surface area contributed by atoms with E-state index in [9.17, 15) is 0 Å². The van der Waals surface area contributed by atoms with Gasteiger partial charge in [0.05, 0.1) is 18.0 Å². The van der Waals surface area contributed by atoms with Crippen molar-refractivity contribution in [1.82, 2.24) is 29.5 Å². The zero-order chi connectivity index (χ0) is 18.7. The lowest BCUT2D eigenvalue weighted by Gasteiger charge is -2.34. The molecule has 0 aromatic carbocycles. The van der Waals surface area contributed by atoms with Crippen LogP contribution in [0.1, 0.15) is 37.2 Å². The van der Waals surface area contributed by atoms with Crippen molar-refractivity contribution in [2.45, 2.75) is 43.7 Å². The summed E-state index contributed by atoms with van der Waals surface area (Å²) in [6, 6.07) is 2.37. The molecule has 4 aromatic heterocycles. The van der Waals surface area contributed by atoms with Gasteiger partial charge in [-0.2, -0.15) is 10.1 Å². The highest BCUT2D eigenvalue weighted by Gasteiger charge is 2.30. The molecule has 0 spiro atoms. The van der Waals surface area contributed by atoms with Gasteiger partial charge in [0.15, 0.2) is 5.65 Å². The highest BCUT2D eigenvalue weighted by Crippen LogP contribution is 2.41. The van der Waals surface area contributed by atoms with Crippen molar-refractivity contribution in [2.24, 2.45) is 0 Å². The molecule has 0 radical (unpaired) electrons. The van der Waals surface area contributed by atoms with E-state index in [1.165, 1.54) is 18.4 Å². The number of nitrogens with zero attached hydrogens (tertiary/aromatic N) is 5. The number of ether oxygens (including phenoxy) is 1. The minimum atomic E-state index is 0.350. The molecule has 28 heavy (non-hydrogen) atoms. The van der Waals surface area contributed by atoms with Gasteiger partial charge in [0.2, 0.25) is 5.95 Å². The summed E-state index contributed by atoms with van der Waals surface area (Å²) < 4.78 is 7.19. The van der Waals surface area contributed by atoms with E-state index >= 15 is 0 Å². The topological polar surface area (TPSA) is 93.0 Å². The van der Waals surface area contributed by atoms with E-state index in [2.05, 4.69) is 25.4 Å². The molecule has 0 saturated heterocycles. The van der Waals surface area contributed by atoms with Gasteiger partial charge in [-0.1, -0.05) is 0 Å². The molecule has 4 heterocycles. The highest BCUT2D eigenvalue weighted by molar-refractivity contribution is 5.92. The van der Waals surface area contributed by atoms with Gasteiger partial charge in [-0.15, -0.1) is 0 Å². The van der Waals surface area contributed by atoms with Crippen molar-refractivity contribution in [2.75, 3.05) is 12.4 Å². The molecule has 6 rings (SSSR count). The van der Waals surface area contributed by atoms with E-state index in [1.54, 1.807) is 7.11 Å². The quantitative estimate of drug-likeness (QED) is 0.557. The zero-order valence-electron chi connectivity index (χ0n) is 15.6. The first-order valence-corrected chi connectivity index (χ1v) is 9.76. The third-order valence-corrected chi connectivity index (χ3v) is 5.88. The lowest BCUT2D eigenvalue weighted by atomic mass is 9.89. The predicted octanol–water partition coefficient (Wildman–Crippen LogP) is 3.13. The van der Waals surface area contributed by atoms with Crippen LogP contribution in [0.25, 0.3) is 27.9 Å². The maximum Gasteiger partial charge on any atom is 0.224 e. The van der Waals surface area contributed by atoms with Crippen LogP contribution in [0.3, 0.4) is 0 Å². The van der Waals surface area contributed by atoms with Crippen LogP contribution in [0.4, 0.5) is 5.95 Å². The number of fused-ring (bicyclic) bond motifs is 2. The number of methoxy groups -OCH3 is 1. The standard InChI is InChI=1S/C20H21N7O/c1-28-13-6-12(7-13)24-20-22-9-16-15(8-21-18(16)26-20)17-4-5-27-19(25-17)14(10-23-27)11-2-3-11/h4-5,8-13H,2-3,6-7H2,1H3,(H2,21,22,24,26). The molecule has 0 amide bonds. The first kappa shape index (κ1) is 16.0. The van der Waals surface area contributed by atoms with Crippen molar-refractivity contribution in [3.05, 3.63) is 36.4 Å². The van der Waals surface area contributed by atoms with Crippen LogP contribution in [-0.4, -0.2) is 48.8 Å². The molecule has 0 atom stereocenters. The Morgan fingerprint density at radius 1 is 1.21 bits per heavy atom. The third kappa shape index (κ3) is 2.56. The number of aromatic nitrogens is 6. The van der Waals surface area contributed by atoms with Gasteiger partial charge in [0, 0.05) is 48.3 Å². The van der Waals surface area contributed by atoms with Crippen LogP contribution in [0.2, 0.25) is 0 Å². The Hall–Kier alpha value is -3.00. The van der Waals surface area contributed by atoms with Crippen LogP contribution >= 0.6 is 0 Å². The van der Waals surface area contributed by atoms with Crippen LogP contribution in [0, 0.1) is 0 Å². The molecule has 0 aliphatic heterocycles. The van der Waals surface area contributed by atoms with Crippen LogP contribution in [0.15, 0.2) is 30.9 Å². The summed E-state index contributed by atoms with van der Waals surface area (Å²) in [5.41, 5.74) is 4.93. The summed E-state index contributed by atoms with van der Waals surface area (Å²) >= 11 is 0. The van der Waals surface area contributed by atoms with Crippen molar-refractivity contribution < 1.29 is 4.74 Å². The summed E-state index contributed by atoms with van der Waals surface area (Å²) in [7, 11) is 1.76. The number of nitrogens with one attached hydrogen (secondary N) is 2. The second kappa shape index (κ2) is 6.00. The summed E-state index contributed by atoms with van der Waals surface area (Å²) in [5.74, 6) is 1.26. The van der Waals surface area contributed by atoms with Crippen LogP contribution < -0.4 is 5.32 Å². The summed E-state index contributed by atoms with van der Waals surface area (Å²) in [6.07, 6.45) is 12.6. The molecule has 2 aliphatic carbocycles. The Morgan fingerprint density at radius 2 is 2.11 bits per heavy atom. The number of anilines is 1. The highest BCUT2D eigenvalue weighted by atomic mass is 16.5. The second-order valence-corrected chi connectivity index (χ2v) is 7.78. The molecule has 4 aromatic rings. The Kier molecular flexibility index (Phi) is 3.43. The van der Waals surface area contributed by atoms with E-state index in [4.69, 9.17) is 9.72 Å². The first-order valence-electron chi connectivity index (χ1n) is 9.76. The minimum Gasteiger partial charge on any atom is -0.381 e. The fourth-order valence-electron chi connectivity index (χ4n) is 3.97. The molecule has 142 valence electrons. The number of H-pyrrole nitrogens is 1. The lowest BCUT2D eigenvalue weighted by molar-refractivity contribution is 0.0327. The lowest BCUT2D eigenvalue weighted by Crippen LogP contribution is -2.40. The van der Waals surface area contributed by atoms with Gasteiger partial charge in [-0.25, -0.2) is 14.5 Å². The molecule has 0 bridgehead atoms. The Balaban J connectivity index is 1.32. The Labute approximate surface area is 161 Å². The summed E-state index contributed by atoms with van der Waals surface area (Å²) in [4.78, 5) is 17.3. The first-order chi connectivity index (χ1) is 13.8. The number of rotatable bonds is 5. The van der Waals surface area contributed by atoms with Crippen molar-refractivity contribution in [3.63, 3.8) is 0 Å². The van der Waals surface area contributed by atoms with Gasteiger partial charge >= 0.3 is 0 Å². The molecule has 2 aliphatic rings. The van der Waals surface area contributed by atoms with Crippen molar-refractivity contribution >= 4 is 22.6 Å². The Morgan fingerprint density at radius 3 is 2.93 bits per heavy atom. The molecule has 8 heteroatoms. The van der Waals surface area contributed by atoms with Gasteiger partial charge < -0.3 is 15.0 Å². The fourth-order valence-corrected chi connectivity index (χ4v) is 3.97. The van der Waals surface area contributed by atoms with Gasteiger partial charge in [-0.05, 0) is 37.7 Å². The van der Waals surface area contributed by atoms with E-state index < -0.39 is 0 Å². The SMILES string of the molecule is COC1CC(Nc2ncc3c(-c4ccn5ncc(C6CC6)c5n4)c[nH]c3n2)C1. The average molecular weight is 375 g/mol. The van der Waals surface area contributed by atoms with Crippen molar-refractivity contribution in [1.29, 1.82) is 0 Å². The predicted molar refractivity (Wildman–Crippen MR) is 105 cm³/mol. The number of hydrogen-bond acceptors (Lipinski definition) is 6. The van der Waals surface area contributed by atoms with Crippen LogP contribution in [-0.2, 0) is 4.74 Å². The smallest absolute Gasteiger partial charge is 0.224 e. The van der Waals surface area contributed by atoms with E-state index in [0.717, 1.165) is 40.8 Å². The zero-order valence-corrected chi connectivity index (χ0v) is 15.6. The second-order valence-electron chi connectivity index (χ2n) is 7.78. The van der Waals surface area contributed by atoms with Gasteiger partial charge in [0.1, 0.15) is 5.65 Å². The fraction of sp³-hybridized carbons (Fsp3) is 0.400. The Bertz CT molecular complexity index is 1170. The molecule has 0 unspecified atom stereocenters. The third-order valence-electron chi connectivity index (χ3n) is 5.88. The summed E-state index contributed by atoms with van der Waals surface area (Å²) in [5, 5.41) is 8.79. The molecule has 2 saturated carbocycles.